The Morgan fingerprint density at radius 2 is 1.71 bits per heavy atom. The summed E-state index contributed by atoms with van der Waals surface area (Å²) in [5.74, 6) is -0.590. The highest BCUT2D eigenvalue weighted by molar-refractivity contribution is 7.17. The van der Waals surface area contributed by atoms with Crippen molar-refractivity contribution in [3.8, 4) is 16.9 Å². The number of hydrogen-bond acceptors (Lipinski definition) is 5. The van der Waals surface area contributed by atoms with Crippen molar-refractivity contribution in [1.29, 1.82) is 0 Å². The van der Waals surface area contributed by atoms with Gasteiger partial charge >= 0.3 is 5.97 Å². The number of thiophene rings is 1. The first-order chi connectivity index (χ1) is 14.8. The summed E-state index contributed by atoms with van der Waals surface area (Å²) in [6, 6.07) is 12.7. The molecule has 0 saturated heterocycles. The zero-order valence-corrected chi connectivity index (χ0v) is 18.6. The van der Waals surface area contributed by atoms with Gasteiger partial charge in [0.1, 0.15) is 22.1 Å². The van der Waals surface area contributed by atoms with Gasteiger partial charge in [-0.3, -0.25) is 4.79 Å². The van der Waals surface area contributed by atoms with E-state index in [9.17, 15) is 14.0 Å². The molecule has 2 aromatic carbocycles. The Balaban J connectivity index is 1.95. The molecule has 1 amide bonds. The van der Waals surface area contributed by atoms with Gasteiger partial charge in [0.05, 0.1) is 12.7 Å². The minimum Gasteiger partial charge on any atom is -0.491 e. The van der Waals surface area contributed by atoms with E-state index in [4.69, 9.17) is 9.47 Å². The van der Waals surface area contributed by atoms with Gasteiger partial charge in [-0.05, 0) is 69.7 Å². The Morgan fingerprint density at radius 1 is 1.06 bits per heavy atom. The van der Waals surface area contributed by atoms with Crippen LogP contribution >= 0.6 is 11.3 Å². The maximum Gasteiger partial charge on any atom is 0.341 e. The van der Waals surface area contributed by atoms with Crippen molar-refractivity contribution in [2.45, 2.75) is 33.8 Å². The second kappa shape index (κ2) is 9.75. The number of aryl methyl sites for hydroxylation is 1. The van der Waals surface area contributed by atoms with Gasteiger partial charge in [-0.2, -0.15) is 0 Å². The number of esters is 1. The molecular weight excluding hydrogens is 417 g/mol. The van der Waals surface area contributed by atoms with Gasteiger partial charge in [0, 0.05) is 16.0 Å². The Bertz CT molecular complexity index is 1070. The van der Waals surface area contributed by atoms with Crippen LogP contribution in [-0.4, -0.2) is 24.6 Å². The summed E-state index contributed by atoms with van der Waals surface area (Å²) in [4.78, 5) is 26.4. The highest BCUT2D eigenvalue weighted by atomic mass is 32.1. The van der Waals surface area contributed by atoms with Crippen molar-refractivity contribution in [3.05, 3.63) is 70.4 Å². The van der Waals surface area contributed by atoms with E-state index in [1.54, 1.807) is 43.3 Å². The fourth-order valence-electron chi connectivity index (χ4n) is 3.13. The fraction of sp³-hybridized carbons (Fsp3) is 0.250. The van der Waals surface area contributed by atoms with E-state index in [0.29, 0.717) is 27.4 Å². The van der Waals surface area contributed by atoms with E-state index in [-0.39, 0.29) is 30.0 Å². The number of rotatable bonds is 7. The number of halogens is 1. The van der Waals surface area contributed by atoms with E-state index in [2.05, 4.69) is 5.32 Å². The molecule has 0 aliphatic rings. The molecule has 3 rings (SSSR count). The molecule has 0 saturated carbocycles. The molecule has 0 aliphatic carbocycles. The van der Waals surface area contributed by atoms with Crippen LogP contribution in [0.15, 0.2) is 48.5 Å². The Morgan fingerprint density at radius 3 is 2.29 bits per heavy atom. The smallest absolute Gasteiger partial charge is 0.341 e. The molecule has 0 fully saturated rings. The molecule has 1 aromatic heterocycles. The van der Waals surface area contributed by atoms with Gasteiger partial charge in [-0.1, -0.05) is 12.1 Å². The standard InChI is InChI=1S/C24H24FNO4S/c1-5-29-24(28)21-20(16-6-10-18(25)11-7-16)15(4)31-23(21)26-22(27)17-8-12-19(13-9-17)30-14(2)3/h6-14H,5H2,1-4H3,(H,26,27). The Labute approximate surface area is 184 Å². The number of hydrogen-bond donors (Lipinski definition) is 1. The van der Waals surface area contributed by atoms with Crippen molar-refractivity contribution in [2.24, 2.45) is 0 Å². The largest absolute Gasteiger partial charge is 0.491 e. The average molecular weight is 442 g/mol. The second-order valence-corrected chi connectivity index (χ2v) is 8.33. The number of carbonyl (C=O) groups excluding carboxylic acids is 2. The average Bonchev–Trinajstić information content (AvgIpc) is 3.04. The topological polar surface area (TPSA) is 64.6 Å². The summed E-state index contributed by atoms with van der Waals surface area (Å²) in [5, 5.41) is 3.22. The van der Waals surface area contributed by atoms with Crippen LogP contribution in [0.3, 0.4) is 0 Å². The normalized spacial score (nSPS) is 10.8. The molecule has 0 aliphatic heterocycles. The zero-order valence-electron chi connectivity index (χ0n) is 17.8. The summed E-state index contributed by atoms with van der Waals surface area (Å²) in [7, 11) is 0. The van der Waals surface area contributed by atoms with Gasteiger partial charge in [-0.25, -0.2) is 9.18 Å². The first-order valence-corrected chi connectivity index (χ1v) is 10.8. The Kier molecular flexibility index (Phi) is 7.07. The number of carbonyl (C=O) groups is 2. The van der Waals surface area contributed by atoms with E-state index in [1.165, 1.54) is 23.5 Å². The lowest BCUT2D eigenvalue weighted by Gasteiger charge is -2.11. The van der Waals surface area contributed by atoms with E-state index in [1.807, 2.05) is 20.8 Å². The third kappa shape index (κ3) is 5.30. The van der Waals surface area contributed by atoms with Crippen LogP contribution in [0.5, 0.6) is 5.75 Å². The quantitative estimate of drug-likeness (QED) is 0.451. The van der Waals surface area contributed by atoms with Gasteiger partial charge in [-0.15, -0.1) is 11.3 Å². The van der Waals surface area contributed by atoms with E-state index in [0.717, 1.165) is 4.88 Å². The fourth-order valence-corrected chi connectivity index (χ4v) is 4.19. The van der Waals surface area contributed by atoms with Crippen molar-refractivity contribution in [1.82, 2.24) is 0 Å². The van der Waals surface area contributed by atoms with E-state index < -0.39 is 5.97 Å². The van der Waals surface area contributed by atoms with Crippen molar-refractivity contribution in [3.63, 3.8) is 0 Å². The lowest BCUT2D eigenvalue weighted by Crippen LogP contribution is -2.15. The molecule has 3 aromatic rings. The first kappa shape index (κ1) is 22.5. The predicted molar refractivity (Wildman–Crippen MR) is 121 cm³/mol. The highest BCUT2D eigenvalue weighted by Gasteiger charge is 2.25. The first-order valence-electron chi connectivity index (χ1n) is 9.94. The molecule has 0 bridgehead atoms. The maximum absolute atomic E-state index is 13.4. The van der Waals surface area contributed by atoms with Gasteiger partial charge in [0.2, 0.25) is 0 Å². The molecule has 1 heterocycles. The van der Waals surface area contributed by atoms with Gasteiger partial charge in [0.25, 0.3) is 5.91 Å². The molecule has 31 heavy (non-hydrogen) atoms. The molecular formula is C24H24FNO4S. The minimum atomic E-state index is -0.540. The summed E-state index contributed by atoms with van der Waals surface area (Å²) < 4.78 is 24.2. The van der Waals surface area contributed by atoms with Crippen molar-refractivity contribution < 1.29 is 23.5 Å². The summed E-state index contributed by atoms with van der Waals surface area (Å²) >= 11 is 1.28. The molecule has 0 spiro atoms. The van der Waals surface area contributed by atoms with Crippen LogP contribution in [0.25, 0.3) is 11.1 Å². The van der Waals surface area contributed by atoms with Crippen molar-refractivity contribution in [2.75, 3.05) is 11.9 Å². The molecule has 0 atom stereocenters. The number of anilines is 1. The Hall–Kier alpha value is -3.19. The molecule has 1 N–H and O–H groups in total. The van der Waals surface area contributed by atoms with Crippen LogP contribution in [0, 0.1) is 12.7 Å². The third-order valence-electron chi connectivity index (χ3n) is 4.41. The zero-order chi connectivity index (χ0) is 22.5. The minimum absolute atomic E-state index is 0.0331. The van der Waals surface area contributed by atoms with Gasteiger partial charge < -0.3 is 14.8 Å². The van der Waals surface area contributed by atoms with Gasteiger partial charge in [0.15, 0.2) is 0 Å². The van der Waals surface area contributed by atoms with Crippen LogP contribution in [-0.2, 0) is 4.74 Å². The molecule has 7 heteroatoms. The van der Waals surface area contributed by atoms with Crippen LogP contribution < -0.4 is 10.1 Å². The lowest BCUT2D eigenvalue weighted by molar-refractivity contribution is 0.0529. The molecule has 0 radical (unpaired) electrons. The SMILES string of the molecule is CCOC(=O)c1c(NC(=O)c2ccc(OC(C)C)cc2)sc(C)c1-c1ccc(F)cc1. The summed E-state index contributed by atoms with van der Waals surface area (Å²) in [6.45, 7) is 7.61. The van der Waals surface area contributed by atoms with Crippen LogP contribution in [0.1, 0.15) is 46.4 Å². The maximum atomic E-state index is 13.4. The summed E-state index contributed by atoms with van der Waals surface area (Å²) in [5.41, 5.74) is 2.00. The predicted octanol–water partition coefficient (Wildman–Crippen LogP) is 6.08. The third-order valence-corrected chi connectivity index (χ3v) is 5.43. The number of ether oxygens (including phenoxy) is 2. The van der Waals surface area contributed by atoms with E-state index >= 15 is 0 Å². The number of nitrogens with one attached hydrogen (secondary N) is 1. The molecule has 5 nitrogen and oxygen atoms in total. The van der Waals surface area contributed by atoms with Crippen LogP contribution in [0.4, 0.5) is 9.39 Å². The summed E-state index contributed by atoms with van der Waals surface area (Å²) in [6.07, 6.45) is 0.0331. The van der Waals surface area contributed by atoms with Crippen molar-refractivity contribution >= 4 is 28.2 Å². The monoisotopic (exact) mass is 441 g/mol. The highest BCUT2D eigenvalue weighted by Crippen LogP contribution is 2.40. The van der Waals surface area contributed by atoms with Crippen LogP contribution in [0.2, 0.25) is 0 Å². The molecule has 0 unspecified atom stereocenters. The number of amides is 1. The second-order valence-electron chi connectivity index (χ2n) is 7.11. The number of benzene rings is 2. The lowest BCUT2D eigenvalue weighted by atomic mass is 10.0. The molecule has 162 valence electrons.